The Hall–Kier alpha value is -3.08. The molecule has 0 aromatic heterocycles. The second-order valence-electron chi connectivity index (χ2n) is 5.07. The topological polar surface area (TPSA) is 57.1 Å². The van der Waals surface area contributed by atoms with E-state index in [1.54, 1.807) is 19.3 Å². The van der Waals surface area contributed by atoms with Gasteiger partial charge in [-0.1, -0.05) is 18.2 Å². The first-order chi connectivity index (χ1) is 11.7. The fourth-order valence-corrected chi connectivity index (χ4v) is 2.31. The van der Waals surface area contributed by atoms with Gasteiger partial charge in [0.15, 0.2) is 5.70 Å². The number of cyclic esters (lactones) is 1. The van der Waals surface area contributed by atoms with Crippen molar-refractivity contribution in [1.82, 2.24) is 0 Å². The normalized spacial score (nSPS) is 15.2. The molecule has 5 nitrogen and oxygen atoms in total. The maximum absolute atomic E-state index is 12.1. The van der Waals surface area contributed by atoms with Crippen molar-refractivity contribution in [3.05, 3.63) is 65.4 Å². The summed E-state index contributed by atoms with van der Waals surface area (Å²) < 4.78 is 15.9. The number of benzene rings is 2. The van der Waals surface area contributed by atoms with Crippen molar-refractivity contribution in [2.45, 2.75) is 6.92 Å². The van der Waals surface area contributed by atoms with Crippen LogP contribution >= 0.6 is 0 Å². The molecular formula is C19H17NO4. The average molecular weight is 323 g/mol. The van der Waals surface area contributed by atoms with E-state index >= 15 is 0 Å². The van der Waals surface area contributed by atoms with E-state index in [0.29, 0.717) is 17.9 Å². The Bertz CT molecular complexity index is 824. The maximum Gasteiger partial charge on any atom is 0.363 e. The van der Waals surface area contributed by atoms with E-state index in [9.17, 15) is 4.79 Å². The number of ether oxygens (including phenoxy) is 3. The quantitative estimate of drug-likeness (QED) is 0.625. The van der Waals surface area contributed by atoms with Crippen molar-refractivity contribution in [2.24, 2.45) is 4.99 Å². The van der Waals surface area contributed by atoms with Crippen LogP contribution in [0.1, 0.15) is 18.1 Å². The van der Waals surface area contributed by atoms with Gasteiger partial charge in [-0.25, -0.2) is 9.79 Å². The third-order valence-corrected chi connectivity index (χ3v) is 3.41. The van der Waals surface area contributed by atoms with Gasteiger partial charge in [-0.3, -0.25) is 0 Å². The van der Waals surface area contributed by atoms with Gasteiger partial charge in [-0.15, -0.1) is 0 Å². The largest absolute Gasteiger partial charge is 0.497 e. The molecular weight excluding hydrogens is 306 g/mol. The first kappa shape index (κ1) is 15.8. The summed E-state index contributed by atoms with van der Waals surface area (Å²) in [5.74, 6) is 1.21. The van der Waals surface area contributed by atoms with Crippen LogP contribution in [0.25, 0.3) is 6.08 Å². The van der Waals surface area contributed by atoms with Crippen molar-refractivity contribution in [3.63, 3.8) is 0 Å². The molecule has 1 aliphatic heterocycles. The Balaban J connectivity index is 1.89. The van der Waals surface area contributed by atoms with Crippen LogP contribution in [0.5, 0.6) is 11.5 Å². The summed E-state index contributed by atoms with van der Waals surface area (Å²) in [6.45, 7) is 2.50. The third kappa shape index (κ3) is 3.46. The molecule has 2 aromatic rings. The molecule has 0 aliphatic carbocycles. The summed E-state index contributed by atoms with van der Waals surface area (Å²) in [6, 6.07) is 14.7. The highest BCUT2D eigenvalue weighted by Gasteiger charge is 2.24. The van der Waals surface area contributed by atoms with Crippen LogP contribution in [0.2, 0.25) is 0 Å². The zero-order valence-electron chi connectivity index (χ0n) is 13.5. The molecule has 0 bridgehead atoms. The lowest BCUT2D eigenvalue weighted by Gasteiger charge is -2.03. The molecule has 0 amide bonds. The smallest absolute Gasteiger partial charge is 0.363 e. The molecule has 3 rings (SSSR count). The van der Waals surface area contributed by atoms with E-state index in [1.807, 2.05) is 49.4 Å². The molecule has 0 radical (unpaired) electrons. The summed E-state index contributed by atoms with van der Waals surface area (Å²) in [5, 5.41) is 0. The van der Waals surface area contributed by atoms with Gasteiger partial charge < -0.3 is 14.2 Å². The summed E-state index contributed by atoms with van der Waals surface area (Å²) in [4.78, 5) is 16.4. The zero-order valence-corrected chi connectivity index (χ0v) is 13.5. The van der Waals surface area contributed by atoms with E-state index in [1.165, 1.54) is 0 Å². The Kier molecular flexibility index (Phi) is 4.61. The van der Waals surface area contributed by atoms with Crippen LogP contribution in [0.15, 0.2) is 59.2 Å². The Labute approximate surface area is 140 Å². The molecule has 0 unspecified atom stereocenters. The molecule has 1 heterocycles. The zero-order chi connectivity index (χ0) is 16.9. The predicted octanol–water partition coefficient (Wildman–Crippen LogP) is 3.44. The van der Waals surface area contributed by atoms with Gasteiger partial charge in [0.25, 0.3) is 0 Å². The molecule has 0 saturated carbocycles. The van der Waals surface area contributed by atoms with Gasteiger partial charge in [0.2, 0.25) is 5.90 Å². The third-order valence-electron chi connectivity index (χ3n) is 3.41. The molecule has 0 fully saturated rings. The van der Waals surface area contributed by atoms with Crippen LogP contribution in [-0.4, -0.2) is 25.6 Å². The van der Waals surface area contributed by atoms with Gasteiger partial charge >= 0.3 is 5.97 Å². The first-order valence-corrected chi connectivity index (χ1v) is 7.59. The number of carbonyl (C=O) groups excluding carboxylic acids is 1. The highest BCUT2D eigenvalue weighted by atomic mass is 16.6. The summed E-state index contributed by atoms with van der Waals surface area (Å²) in [5.41, 5.74) is 1.76. The highest BCUT2D eigenvalue weighted by molar-refractivity contribution is 6.12. The second-order valence-corrected chi connectivity index (χ2v) is 5.07. The Morgan fingerprint density at radius 2 is 1.92 bits per heavy atom. The Morgan fingerprint density at radius 1 is 1.12 bits per heavy atom. The lowest BCUT2D eigenvalue weighted by Crippen LogP contribution is -2.05. The second kappa shape index (κ2) is 7.00. The maximum atomic E-state index is 12.1. The number of rotatable bonds is 5. The molecule has 2 aromatic carbocycles. The number of hydrogen-bond donors (Lipinski definition) is 0. The Morgan fingerprint density at radius 3 is 2.71 bits per heavy atom. The molecule has 0 atom stereocenters. The van der Waals surface area contributed by atoms with E-state index in [2.05, 4.69) is 4.99 Å². The molecule has 5 heteroatoms. The fourth-order valence-electron chi connectivity index (χ4n) is 2.31. The molecule has 1 aliphatic rings. The lowest BCUT2D eigenvalue weighted by atomic mass is 10.2. The summed E-state index contributed by atoms with van der Waals surface area (Å²) >= 11 is 0. The fraction of sp³-hybridized carbons (Fsp3) is 0.158. The van der Waals surface area contributed by atoms with Gasteiger partial charge in [-0.2, -0.15) is 0 Å². The molecule has 0 N–H and O–H groups in total. The minimum Gasteiger partial charge on any atom is -0.497 e. The minimum atomic E-state index is -0.477. The van der Waals surface area contributed by atoms with Gasteiger partial charge in [0, 0.05) is 5.56 Å². The van der Waals surface area contributed by atoms with Gasteiger partial charge in [-0.05, 0) is 48.9 Å². The van der Waals surface area contributed by atoms with Gasteiger partial charge in [0.1, 0.15) is 11.5 Å². The van der Waals surface area contributed by atoms with E-state index in [0.717, 1.165) is 11.3 Å². The van der Waals surface area contributed by atoms with Crippen molar-refractivity contribution in [1.29, 1.82) is 0 Å². The minimum absolute atomic E-state index is 0.251. The first-order valence-electron chi connectivity index (χ1n) is 7.59. The summed E-state index contributed by atoms with van der Waals surface area (Å²) in [6.07, 6.45) is 1.68. The van der Waals surface area contributed by atoms with E-state index in [-0.39, 0.29) is 11.6 Å². The number of methoxy groups -OCH3 is 1. The number of hydrogen-bond acceptors (Lipinski definition) is 5. The highest BCUT2D eigenvalue weighted by Crippen LogP contribution is 2.22. The standard InChI is InChI=1S/C19H17NO4/c1-3-23-16-9-4-6-13(10-16)11-17-19(21)24-18(20-17)14-7-5-8-15(12-14)22-2/h4-12H,3H2,1-2H3/b17-11-. The van der Waals surface area contributed by atoms with Crippen LogP contribution in [-0.2, 0) is 9.53 Å². The van der Waals surface area contributed by atoms with Crippen LogP contribution in [0.4, 0.5) is 0 Å². The van der Waals surface area contributed by atoms with Crippen molar-refractivity contribution < 1.29 is 19.0 Å². The van der Waals surface area contributed by atoms with Crippen molar-refractivity contribution in [3.8, 4) is 11.5 Å². The lowest BCUT2D eigenvalue weighted by molar-refractivity contribution is -0.129. The SMILES string of the molecule is CCOc1cccc(/C=C2\N=C(c3cccc(OC)c3)OC2=O)c1. The predicted molar refractivity (Wildman–Crippen MR) is 91.2 cm³/mol. The summed E-state index contributed by atoms with van der Waals surface area (Å²) in [7, 11) is 1.58. The average Bonchev–Trinajstić information content (AvgIpc) is 2.96. The number of carbonyl (C=O) groups is 1. The van der Waals surface area contributed by atoms with Crippen molar-refractivity contribution in [2.75, 3.05) is 13.7 Å². The number of aliphatic imine (C=N–C) groups is 1. The van der Waals surface area contributed by atoms with Crippen LogP contribution in [0, 0.1) is 0 Å². The van der Waals surface area contributed by atoms with Crippen LogP contribution < -0.4 is 9.47 Å². The van der Waals surface area contributed by atoms with Crippen LogP contribution in [0.3, 0.4) is 0 Å². The molecule has 0 spiro atoms. The van der Waals surface area contributed by atoms with E-state index in [4.69, 9.17) is 14.2 Å². The van der Waals surface area contributed by atoms with E-state index < -0.39 is 5.97 Å². The molecule has 0 saturated heterocycles. The molecule has 122 valence electrons. The number of nitrogens with zero attached hydrogens (tertiary/aromatic N) is 1. The molecule has 24 heavy (non-hydrogen) atoms. The monoisotopic (exact) mass is 323 g/mol. The van der Waals surface area contributed by atoms with Crippen molar-refractivity contribution >= 4 is 17.9 Å². The number of esters is 1. The van der Waals surface area contributed by atoms with Gasteiger partial charge in [0.05, 0.1) is 13.7 Å².